The first-order chi connectivity index (χ1) is 11.1. The quantitative estimate of drug-likeness (QED) is 0.628. The molecular weight excluding hydrogens is 312 g/mol. The summed E-state index contributed by atoms with van der Waals surface area (Å²) in [6, 6.07) is 13.9. The molecule has 0 unspecified atom stereocenters. The Balaban J connectivity index is 1.80. The number of sulfonamides is 1. The number of fused-ring (bicyclic) bond motifs is 2. The SMILES string of the molecule is O=S(=O)(Nc1ccn2nccc2c1)c1cccc2cccnc12. The van der Waals surface area contributed by atoms with Gasteiger partial charge in [-0.3, -0.25) is 9.71 Å². The third-order valence-electron chi connectivity index (χ3n) is 3.54. The van der Waals surface area contributed by atoms with E-state index in [1.807, 2.05) is 12.1 Å². The zero-order valence-electron chi connectivity index (χ0n) is 11.9. The Morgan fingerprint density at radius 3 is 2.78 bits per heavy atom. The van der Waals surface area contributed by atoms with E-state index in [0.717, 1.165) is 10.9 Å². The van der Waals surface area contributed by atoms with Gasteiger partial charge >= 0.3 is 0 Å². The molecular formula is C16H12N4O2S. The number of nitrogens with zero attached hydrogens (tertiary/aromatic N) is 3. The molecule has 0 aliphatic heterocycles. The van der Waals surface area contributed by atoms with Crippen LogP contribution in [-0.2, 0) is 10.0 Å². The van der Waals surface area contributed by atoms with Crippen LogP contribution in [0.5, 0.6) is 0 Å². The van der Waals surface area contributed by atoms with Gasteiger partial charge in [-0.2, -0.15) is 5.10 Å². The molecule has 0 spiro atoms. The first kappa shape index (κ1) is 13.7. The summed E-state index contributed by atoms with van der Waals surface area (Å²) < 4.78 is 29.7. The summed E-state index contributed by atoms with van der Waals surface area (Å²) in [7, 11) is -3.73. The highest BCUT2D eigenvalue weighted by Gasteiger charge is 2.18. The lowest BCUT2D eigenvalue weighted by Gasteiger charge is -2.10. The first-order valence-electron chi connectivity index (χ1n) is 6.93. The van der Waals surface area contributed by atoms with Crippen LogP contribution in [0.3, 0.4) is 0 Å². The van der Waals surface area contributed by atoms with E-state index < -0.39 is 10.0 Å². The Morgan fingerprint density at radius 2 is 1.87 bits per heavy atom. The second kappa shape index (κ2) is 5.06. The molecule has 0 aliphatic carbocycles. The Labute approximate surface area is 132 Å². The van der Waals surface area contributed by atoms with Gasteiger partial charge in [-0.15, -0.1) is 0 Å². The summed E-state index contributed by atoms with van der Waals surface area (Å²) in [6.45, 7) is 0. The fraction of sp³-hybridized carbons (Fsp3) is 0. The minimum atomic E-state index is -3.73. The predicted molar refractivity (Wildman–Crippen MR) is 87.7 cm³/mol. The van der Waals surface area contributed by atoms with Crippen LogP contribution in [0.1, 0.15) is 0 Å². The number of anilines is 1. The average Bonchev–Trinajstić information content (AvgIpc) is 3.01. The van der Waals surface area contributed by atoms with Gasteiger partial charge in [-0.1, -0.05) is 18.2 Å². The molecule has 3 aromatic heterocycles. The van der Waals surface area contributed by atoms with Gasteiger partial charge in [0, 0.05) is 24.0 Å². The van der Waals surface area contributed by atoms with Gasteiger partial charge in [0.2, 0.25) is 0 Å². The van der Waals surface area contributed by atoms with Crippen molar-refractivity contribution < 1.29 is 8.42 Å². The van der Waals surface area contributed by atoms with E-state index in [4.69, 9.17) is 0 Å². The van der Waals surface area contributed by atoms with Crippen LogP contribution in [0.25, 0.3) is 16.4 Å². The minimum absolute atomic E-state index is 0.156. The zero-order valence-corrected chi connectivity index (χ0v) is 12.7. The molecule has 0 aliphatic rings. The average molecular weight is 324 g/mol. The van der Waals surface area contributed by atoms with Crippen molar-refractivity contribution in [3.63, 3.8) is 0 Å². The lowest BCUT2D eigenvalue weighted by molar-refractivity contribution is 0.602. The Kier molecular flexibility index (Phi) is 3.02. The number of aromatic nitrogens is 3. The third-order valence-corrected chi connectivity index (χ3v) is 4.95. The zero-order chi connectivity index (χ0) is 15.9. The fourth-order valence-corrected chi connectivity index (χ4v) is 3.72. The molecule has 0 bridgehead atoms. The van der Waals surface area contributed by atoms with Gasteiger partial charge in [0.15, 0.2) is 0 Å². The van der Waals surface area contributed by atoms with Crippen LogP contribution < -0.4 is 4.72 Å². The molecule has 4 rings (SSSR count). The van der Waals surface area contributed by atoms with Crippen molar-refractivity contribution >= 4 is 32.1 Å². The number of nitrogens with one attached hydrogen (secondary N) is 1. The lowest BCUT2D eigenvalue weighted by Crippen LogP contribution is -2.14. The van der Waals surface area contributed by atoms with Crippen molar-refractivity contribution in [1.82, 2.24) is 14.6 Å². The van der Waals surface area contributed by atoms with Gasteiger partial charge < -0.3 is 0 Å². The maximum Gasteiger partial charge on any atom is 0.264 e. The van der Waals surface area contributed by atoms with Crippen molar-refractivity contribution in [2.45, 2.75) is 4.90 Å². The van der Waals surface area contributed by atoms with E-state index in [1.54, 1.807) is 59.5 Å². The lowest BCUT2D eigenvalue weighted by atomic mass is 10.2. The summed E-state index contributed by atoms with van der Waals surface area (Å²) in [5, 5.41) is 4.86. The van der Waals surface area contributed by atoms with Crippen molar-refractivity contribution in [2.24, 2.45) is 0 Å². The molecule has 0 atom stereocenters. The highest BCUT2D eigenvalue weighted by atomic mass is 32.2. The summed E-state index contributed by atoms with van der Waals surface area (Å²) in [5.41, 5.74) is 1.74. The number of hydrogen-bond acceptors (Lipinski definition) is 4. The normalized spacial score (nSPS) is 11.8. The van der Waals surface area contributed by atoms with Gasteiger partial charge in [0.1, 0.15) is 4.90 Å². The summed E-state index contributed by atoms with van der Waals surface area (Å²) in [4.78, 5) is 4.35. The molecule has 1 aromatic carbocycles. The number of benzene rings is 1. The van der Waals surface area contributed by atoms with Crippen LogP contribution >= 0.6 is 0 Å². The molecule has 0 amide bonds. The molecule has 3 heterocycles. The molecule has 0 saturated heterocycles. The monoisotopic (exact) mass is 324 g/mol. The highest BCUT2D eigenvalue weighted by Crippen LogP contribution is 2.23. The first-order valence-corrected chi connectivity index (χ1v) is 8.42. The van der Waals surface area contributed by atoms with E-state index in [9.17, 15) is 8.42 Å². The van der Waals surface area contributed by atoms with Crippen LogP contribution in [-0.4, -0.2) is 23.0 Å². The third kappa shape index (κ3) is 2.40. The number of para-hydroxylation sites is 1. The van der Waals surface area contributed by atoms with Gasteiger partial charge in [-0.05, 0) is 30.3 Å². The highest BCUT2D eigenvalue weighted by molar-refractivity contribution is 7.93. The maximum atomic E-state index is 12.7. The Morgan fingerprint density at radius 1 is 1.00 bits per heavy atom. The molecule has 23 heavy (non-hydrogen) atoms. The van der Waals surface area contributed by atoms with E-state index in [2.05, 4.69) is 14.8 Å². The molecule has 0 saturated carbocycles. The van der Waals surface area contributed by atoms with Gasteiger partial charge in [0.25, 0.3) is 10.0 Å². The van der Waals surface area contributed by atoms with Crippen molar-refractivity contribution in [3.8, 4) is 0 Å². The maximum absolute atomic E-state index is 12.7. The fourth-order valence-electron chi connectivity index (χ4n) is 2.49. The smallest absolute Gasteiger partial charge is 0.264 e. The van der Waals surface area contributed by atoms with Crippen LogP contribution in [0, 0.1) is 0 Å². The van der Waals surface area contributed by atoms with Crippen molar-refractivity contribution in [2.75, 3.05) is 4.72 Å². The van der Waals surface area contributed by atoms with E-state index in [1.165, 1.54) is 0 Å². The molecule has 0 fully saturated rings. The molecule has 4 aromatic rings. The van der Waals surface area contributed by atoms with E-state index in [-0.39, 0.29) is 4.90 Å². The van der Waals surface area contributed by atoms with Crippen LogP contribution in [0.15, 0.2) is 72.0 Å². The number of hydrogen-bond donors (Lipinski definition) is 1. The van der Waals surface area contributed by atoms with Crippen molar-refractivity contribution in [3.05, 3.63) is 67.1 Å². The Hall–Kier alpha value is -2.93. The van der Waals surface area contributed by atoms with Gasteiger partial charge in [-0.25, -0.2) is 12.9 Å². The predicted octanol–water partition coefficient (Wildman–Crippen LogP) is 2.68. The second-order valence-corrected chi connectivity index (χ2v) is 6.70. The summed E-state index contributed by atoms with van der Waals surface area (Å²) in [6.07, 6.45) is 4.94. The largest absolute Gasteiger partial charge is 0.279 e. The Bertz CT molecular complexity index is 1110. The van der Waals surface area contributed by atoms with Crippen molar-refractivity contribution in [1.29, 1.82) is 0 Å². The topological polar surface area (TPSA) is 76.4 Å². The number of pyridine rings is 2. The molecule has 7 heteroatoms. The number of rotatable bonds is 3. The molecule has 0 radical (unpaired) electrons. The summed E-state index contributed by atoms with van der Waals surface area (Å²) in [5.74, 6) is 0. The van der Waals surface area contributed by atoms with Gasteiger partial charge in [0.05, 0.1) is 16.7 Å². The molecule has 1 N–H and O–H groups in total. The minimum Gasteiger partial charge on any atom is -0.279 e. The van der Waals surface area contributed by atoms with Crippen LogP contribution in [0.2, 0.25) is 0 Å². The van der Waals surface area contributed by atoms with Crippen LogP contribution in [0.4, 0.5) is 5.69 Å². The molecule has 6 nitrogen and oxygen atoms in total. The molecule has 114 valence electrons. The van der Waals surface area contributed by atoms with E-state index >= 15 is 0 Å². The summed E-state index contributed by atoms with van der Waals surface area (Å²) >= 11 is 0. The standard InChI is InChI=1S/C16H12N4O2S/c21-23(22,15-5-1-3-12-4-2-8-17-16(12)15)19-13-7-10-20-14(11-13)6-9-18-20/h1-11,19H. The van der Waals surface area contributed by atoms with E-state index in [0.29, 0.717) is 11.2 Å². The second-order valence-electron chi connectivity index (χ2n) is 5.05.